The number of carboxylic acid groups (broad SMARTS) is 1. The molecule has 20 heavy (non-hydrogen) atoms. The summed E-state index contributed by atoms with van der Waals surface area (Å²) in [6, 6.07) is 6.60. The summed E-state index contributed by atoms with van der Waals surface area (Å²) in [5.41, 5.74) is 0.967. The fourth-order valence-corrected chi connectivity index (χ4v) is 2.15. The van der Waals surface area contributed by atoms with E-state index in [0.29, 0.717) is 22.3 Å². The van der Waals surface area contributed by atoms with Crippen LogP contribution in [0.25, 0.3) is 10.9 Å². The van der Waals surface area contributed by atoms with Crippen LogP contribution in [0.5, 0.6) is 5.75 Å². The van der Waals surface area contributed by atoms with E-state index in [4.69, 9.17) is 9.84 Å². The molecule has 0 aliphatic carbocycles. The molecule has 106 valence electrons. The number of hydrogen-bond acceptors (Lipinski definition) is 3. The van der Waals surface area contributed by atoms with Gasteiger partial charge in [-0.05, 0) is 26.0 Å². The highest BCUT2D eigenvalue weighted by molar-refractivity contribution is 5.81. The van der Waals surface area contributed by atoms with Crippen LogP contribution in [0.3, 0.4) is 0 Å². The summed E-state index contributed by atoms with van der Waals surface area (Å²) in [7, 11) is 1.75. The number of carbonyl (C=O) groups is 1. The number of benzene rings is 1. The van der Waals surface area contributed by atoms with Crippen LogP contribution in [0.4, 0.5) is 0 Å². The van der Waals surface area contributed by atoms with Gasteiger partial charge in [-0.15, -0.1) is 0 Å². The lowest BCUT2D eigenvalue weighted by atomic mass is 10.1. The summed E-state index contributed by atoms with van der Waals surface area (Å²) >= 11 is 0. The van der Waals surface area contributed by atoms with Gasteiger partial charge in [0.15, 0.2) is 5.43 Å². The Bertz CT molecular complexity index is 716. The van der Waals surface area contributed by atoms with Gasteiger partial charge in [0.2, 0.25) is 0 Å². The highest BCUT2D eigenvalue weighted by Gasteiger charge is 2.10. The van der Waals surface area contributed by atoms with Crippen molar-refractivity contribution in [2.75, 3.05) is 0 Å². The molecule has 5 heteroatoms. The topological polar surface area (TPSA) is 68.5 Å². The number of aliphatic carboxylic acids is 1. The van der Waals surface area contributed by atoms with E-state index in [1.165, 1.54) is 6.07 Å². The molecule has 5 nitrogen and oxygen atoms in total. The highest BCUT2D eigenvalue weighted by Crippen LogP contribution is 2.20. The number of fused-ring (bicyclic) bond motifs is 1. The van der Waals surface area contributed by atoms with Crippen molar-refractivity contribution in [3.05, 3.63) is 40.2 Å². The lowest BCUT2D eigenvalue weighted by Gasteiger charge is -2.14. The molecule has 0 atom stereocenters. The Kier molecular flexibility index (Phi) is 3.79. The Hall–Kier alpha value is -2.30. The number of aryl methyl sites for hydroxylation is 1. The van der Waals surface area contributed by atoms with Crippen molar-refractivity contribution in [2.24, 2.45) is 7.05 Å². The minimum Gasteiger partial charge on any atom is -0.491 e. The highest BCUT2D eigenvalue weighted by atomic mass is 16.5. The summed E-state index contributed by atoms with van der Waals surface area (Å²) in [5, 5.41) is 9.44. The Morgan fingerprint density at radius 2 is 2.05 bits per heavy atom. The van der Waals surface area contributed by atoms with Gasteiger partial charge in [0.1, 0.15) is 5.75 Å². The van der Waals surface area contributed by atoms with Crippen molar-refractivity contribution in [2.45, 2.75) is 26.4 Å². The molecule has 0 aliphatic rings. The van der Waals surface area contributed by atoms with Gasteiger partial charge in [-0.3, -0.25) is 9.59 Å². The SMILES string of the molecule is CC(C)Oc1ccc2c(=O)cc(CC(=O)O)n(C)c2c1. The number of nitrogens with zero attached hydrogens (tertiary/aromatic N) is 1. The number of aromatic nitrogens is 1. The van der Waals surface area contributed by atoms with E-state index < -0.39 is 5.97 Å². The molecule has 0 aliphatic heterocycles. The molecule has 0 fully saturated rings. The number of carboxylic acids is 1. The van der Waals surface area contributed by atoms with Crippen molar-refractivity contribution in [3.8, 4) is 5.75 Å². The van der Waals surface area contributed by atoms with Crippen LogP contribution in [0.2, 0.25) is 0 Å². The maximum atomic E-state index is 12.0. The van der Waals surface area contributed by atoms with Crippen molar-refractivity contribution < 1.29 is 14.6 Å². The van der Waals surface area contributed by atoms with E-state index in [0.717, 1.165) is 0 Å². The molecule has 2 rings (SSSR count). The molecular formula is C15H17NO4. The van der Waals surface area contributed by atoms with Crippen molar-refractivity contribution in [3.63, 3.8) is 0 Å². The van der Waals surface area contributed by atoms with E-state index in [-0.39, 0.29) is 18.0 Å². The van der Waals surface area contributed by atoms with Crippen LogP contribution < -0.4 is 10.2 Å². The Labute approximate surface area is 116 Å². The summed E-state index contributed by atoms with van der Waals surface area (Å²) in [6.45, 7) is 3.84. The average Bonchev–Trinajstić information content (AvgIpc) is 2.34. The minimum absolute atomic E-state index is 0.0340. The first-order valence-corrected chi connectivity index (χ1v) is 6.39. The molecule has 1 N–H and O–H groups in total. The lowest BCUT2D eigenvalue weighted by molar-refractivity contribution is -0.136. The molecule has 0 bridgehead atoms. The average molecular weight is 275 g/mol. The third-order valence-corrected chi connectivity index (χ3v) is 3.03. The van der Waals surface area contributed by atoms with Gasteiger partial charge < -0.3 is 14.4 Å². The van der Waals surface area contributed by atoms with E-state index in [9.17, 15) is 9.59 Å². The largest absolute Gasteiger partial charge is 0.491 e. The Morgan fingerprint density at radius 1 is 1.35 bits per heavy atom. The smallest absolute Gasteiger partial charge is 0.309 e. The third-order valence-electron chi connectivity index (χ3n) is 3.03. The van der Waals surface area contributed by atoms with Gasteiger partial charge in [0.25, 0.3) is 0 Å². The molecule has 0 radical (unpaired) electrons. The zero-order valence-corrected chi connectivity index (χ0v) is 11.7. The minimum atomic E-state index is -0.964. The van der Waals surface area contributed by atoms with Gasteiger partial charge in [0.05, 0.1) is 18.0 Å². The van der Waals surface area contributed by atoms with Crippen LogP contribution in [0.15, 0.2) is 29.1 Å². The molecule has 0 spiro atoms. The maximum Gasteiger partial charge on any atom is 0.309 e. The molecule has 0 saturated heterocycles. The molecule has 2 aromatic rings. The van der Waals surface area contributed by atoms with Crippen molar-refractivity contribution >= 4 is 16.9 Å². The van der Waals surface area contributed by atoms with E-state index in [1.807, 2.05) is 13.8 Å². The Balaban J connectivity index is 2.62. The van der Waals surface area contributed by atoms with Gasteiger partial charge >= 0.3 is 5.97 Å². The summed E-state index contributed by atoms with van der Waals surface area (Å²) in [4.78, 5) is 22.9. The van der Waals surface area contributed by atoms with Gasteiger partial charge in [-0.1, -0.05) is 0 Å². The molecular weight excluding hydrogens is 258 g/mol. The second kappa shape index (κ2) is 5.36. The first-order chi connectivity index (χ1) is 9.38. The fraction of sp³-hybridized carbons (Fsp3) is 0.333. The second-order valence-electron chi connectivity index (χ2n) is 4.98. The second-order valence-corrected chi connectivity index (χ2v) is 4.98. The number of rotatable bonds is 4. The van der Waals surface area contributed by atoms with Gasteiger partial charge in [0, 0.05) is 30.3 Å². The zero-order chi connectivity index (χ0) is 14.9. The van der Waals surface area contributed by atoms with Gasteiger partial charge in [-0.25, -0.2) is 0 Å². The summed E-state index contributed by atoms with van der Waals surface area (Å²) in [5.74, 6) is -0.302. The van der Waals surface area contributed by atoms with Crippen LogP contribution in [0.1, 0.15) is 19.5 Å². The first-order valence-electron chi connectivity index (χ1n) is 6.39. The zero-order valence-electron chi connectivity index (χ0n) is 11.7. The monoisotopic (exact) mass is 275 g/mol. The van der Waals surface area contributed by atoms with E-state index in [2.05, 4.69) is 0 Å². The predicted molar refractivity (Wildman–Crippen MR) is 76.3 cm³/mol. The standard InChI is InChI=1S/C15H17NO4/c1-9(2)20-11-4-5-12-13(8-11)16(3)10(6-14(12)17)7-15(18)19/h4-6,8-9H,7H2,1-3H3,(H,18,19). The third kappa shape index (κ3) is 2.82. The number of ether oxygens (including phenoxy) is 1. The quantitative estimate of drug-likeness (QED) is 0.926. The summed E-state index contributed by atoms with van der Waals surface area (Å²) in [6.07, 6.45) is -0.150. The molecule has 0 amide bonds. The predicted octanol–water partition coefficient (Wildman–Crippen LogP) is 1.95. The normalized spacial score (nSPS) is 11.0. The van der Waals surface area contributed by atoms with Crippen LogP contribution in [-0.2, 0) is 18.3 Å². The maximum absolute atomic E-state index is 12.0. The Morgan fingerprint density at radius 3 is 2.65 bits per heavy atom. The molecule has 1 heterocycles. The van der Waals surface area contributed by atoms with E-state index >= 15 is 0 Å². The van der Waals surface area contributed by atoms with Crippen molar-refractivity contribution in [1.29, 1.82) is 0 Å². The fourth-order valence-electron chi connectivity index (χ4n) is 2.15. The molecule has 0 unspecified atom stereocenters. The molecule has 0 saturated carbocycles. The van der Waals surface area contributed by atoms with Crippen molar-refractivity contribution in [1.82, 2.24) is 4.57 Å². The number of hydrogen-bond donors (Lipinski definition) is 1. The van der Waals surface area contributed by atoms with E-state index in [1.54, 1.807) is 29.8 Å². The van der Waals surface area contributed by atoms with Crippen LogP contribution in [-0.4, -0.2) is 21.7 Å². The molecule has 1 aromatic heterocycles. The summed E-state index contributed by atoms with van der Waals surface area (Å²) < 4.78 is 7.33. The first kappa shape index (κ1) is 14.1. The number of pyridine rings is 1. The lowest BCUT2D eigenvalue weighted by Crippen LogP contribution is -2.15. The molecule has 1 aromatic carbocycles. The van der Waals surface area contributed by atoms with Crippen LogP contribution in [0, 0.1) is 0 Å². The van der Waals surface area contributed by atoms with Gasteiger partial charge in [-0.2, -0.15) is 0 Å². The van der Waals surface area contributed by atoms with Crippen LogP contribution >= 0.6 is 0 Å².